The first kappa shape index (κ1) is 18.6. The molecule has 0 spiro atoms. The Morgan fingerprint density at radius 3 is 2.54 bits per heavy atom. The van der Waals surface area contributed by atoms with Gasteiger partial charge >= 0.3 is 0 Å². The Morgan fingerprint density at radius 1 is 1.00 bits per heavy atom. The normalized spacial score (nSPS) is 14.4. The van der Waals surface area contributed by atoms with Gasteiger partial charge in [0.15, 0.2) is 5.82 Å². The zero-order valence-corrected chi connectivity index (χ0v) is 16.1. The Morgan fingerprint density at radius 2 is 1.79 bits per heavy atom. The van der Waals surface area contributed by atoms with Gasteiger partial charge in [0.1, 0.15) is 12.4 Å². The van der Waals surface area contributed by atoms with Crippen molar-refractivity contribution < 1.29 is 9.13 Å². The van der Waals surface area contributed by atoms with Gasteiger partial charge in [-0.05, 0) is 47.7 Å². The second-order valence-corrected chi connectivity index (χ2v) is 7.11. The summed E-state index contributed by atoms with van der Waals surface area (Å²) in [4.78, 5) is 11.6. The molecule has 0 amide bonds. The van der Waals surface area contributed by atoms with Crippen LogP contribution >= 0.6 is 0 Å². The minimum Gasteiger partial charge on any atom is -0.497 e. The van der Waals surface area contributed by atoms with E-state index < -0.39 is 6.67 Å². The van der Waals surface area contributed by atoms with Gasteiger partial charge in [-0.25, -0.2) is 14.4 Å². The summed E-state index contributed by atoms with van der Waals surface area (Å²) >= 11 is 0. The number of halogens is 1. The van der Waals surface area contributed by atoms with Crippen LogP contribution in [0.25, 0.3) is 11.4 Å². The van der Waals surface area contributed by atoms with E-state index in [1.807, 2.05) is 24.3 Å². The third-order valence-electron chi connectivity index (χ3n) is 5.27. The van der Waals surface area contributed by atoms with Gasteiger partial charge in [0.2, 0.25) is 0 Å². The lowest BCUT2D eigenvalue weighted by Crippen LogP contribution is -2.26. The van der Waals surface area contributed by atoms with Crippen molar-refractivity contribution in [3.63, 3.8) is 0 Å². The van der Waals surface area contributed by atoms with E-state index in [-0.39, 0.29) is 0 Å². The fourth-order valence-corrected chi connectivity index (χ4v) is 3.63. The van der Waals surface area contributed by atoms with E-state index in [1.54, 1.807) is 25.4 Å². The molecule has 2 aromatic carbocycles. The average Bonchev–Trinajstić information content (AvgIpc) is 2.96. The SMILES string of the molecule is COc1ccc2c(c1)CCN(Cc1ccnc(-c3ccc(CF)cc3)n1)CC2. The Labute approximate surface area is 165 Å². The molecule has 3 aromatic rings. The molecule has 0 saturated carbocycles. The predicted molar refractivity (Wildman–Crippen MR) is 108 cm³/mol. The van der Waals surface area contributed by atoms with Gasteiger partial charge in [-0.15, -0.1) is 0 Å². The summed E-state index contributed by atoms with van der Waals surface area (Å²) < 4.78 is 18.1. The van der Waals surface area contributed by atoms with Crippen LogP contribution in [-0.4, -0.2) is 35.1 Å². The van der Waals surface area contributed by atoms with Crippen LogP contribution in [0.1, 0.15) is 22.4 Å². The topological polar surface area (TPSA) is 38.2 Å². The van der Waals surface area contributed by atoms with E-state index in [2.05, 4.69) is 22.0 Å². The largest absolute Gasteiger partial charge is 0.497 e. The van der Waals surface area contributed by atoms with Crippen LogP contribution in [0.2, 0.25) is 0 Å². The average molecular weight is 377 g/mol. The number of hydrogen-bond acceptors (Lipinski definition) is 4. The number of benzene rings is 2. The minimum absolute atomic E-state index is 0.454. The predicted octanol–water partition coefficient (Wildman–Crippen LogP) is 4.22. The molecule has 5 heteroatoms. The van der Waals surface area contributed by atoms with Crippen LogP contribution in [0.5, 0.6) is 5.75 Å². The third kappa shape index (κ3) is 4.20. The Hall–Kier alpha value is -2.79. The van der Waals surface area contributed by atoms with Gasteiger partial charge < -0.3 is 4.74 Å². The van der Waals surface area contributed by atoms with Crippen molar-refractivity contribution in [2.24, 2.45) is 0 Å². The number of nitrogens with zero attached hydrogens (tertiary/aromatic N) is 3. The maximum Gasteiger partial charge on any atom is 0.159 e. The van der Waals surface area contributed by atoms with Crippen LogP contribution in [0, 0.1) is 0 Å². The lowest BCUT2D eigenvalue weighted by Gasteiger charge is -2.19. The summed E-state index contributed by atoms with van der Waals surface area (Å²) in [7, 11) is 1.71. The number of fused-ring (bicyclic) bond motifs is 1. The van der Waals surface area contributed by atoms with Crippen molar-refractivity contribution in [1.29, 1.82) is 0 Å². The molecule has 1 aromatic heterocycles. The number of ether oxygens (including phenoxy) is 1. The van der Waals surface area contributed by atoms with Crippen LogP contribution in [-0.2, 0) is 26.1 Å². The molecule has 0 N–H and O–H groups in total. The standard InChI is InChI=1S/C23H24FN3O/c1-28-22-7-6-18-9-12-27(13-10-20(18)14-22)16-21-8-11-25-23(26-21)19-4-2-17(15-24)3-5-19/h2-8,11,14H,9-10,12-13,15-16H2,1H3. The van der Waals surface area contributed by atoms with Crippen molar-refractivity contribution in [1.82, 2.24) is 14.9 Å². The first-order valence-corrected chi connectivity index (χ1v) is 9.60. The van der Waals surface area contributed by atoms with Gasteiger partial charge in [0, 0.05) is 31.4 Å². The van der Waals surface area contributed by atoms with Crippen molar-refractivity contribution in [3.05, 3.63) is 77.1 Å². The molecule has 1 aliphatic heterocycles. The van der Waals surface area contributed by atoms with Gasteiger partial charge in [0.25, 0.3) is 0 Å². The van der Waals surface area contributed by atoms with Gasteiger partial charge in [0.05, 0.1) is 12.8 Å². The van der Waals surface area contributed by atoms with E-state index in [0.717, 1.165) is 49.5 Å². The molecule has 144 valence electrons. The molecule has 0 bridgehead atoms. The summed E-state index contributed by atoms with van der Waals surface area (Å²) in [5, 5.41) is 0. The Balaban J connectivity index is 1.46. The number of aromatic nitrogens is 2. The zero-order chi connectivity index (χ0) is 19.3. The zero-order valence-electron chi connectivity index (χ0n) is 16.1. The molecule has 28 heavy (non-hydrogen) atoms. The monoisotopic (exact) mass is 377 g/mol. The van der Waals surface area contributed by atoms with Gasteiger partial charge in [-0.1, -0.05) is 30.3 Å². The maximum absolute atomic E-state index is 12.7. The fraction of sp³-hybridized carbons (Fsp3) is 0.304. The molecule has 0 saturated heterocycles. The molecule has 0 atom stereocenters. The number of rotatable bonds is 5. The third-order valence-corrected chi connectivity index (χ3v) is 5.27. The van der Waals surface area contributed by atoms with Crippen molar-refractivity contribution in [2.75, 3.05) is 20.2 Å². The lowest BCUT2D eigenvalue weighted by molar-refractivity contribution is 0.276. The smallest absolute Gasteiger partial charge is 0.159 e. The summed E-state index contributed by atoms with van der Waals surface area (Å²) in [6.45, 7) is 2.34. The van der Waals surface area contributed by atoms with E-state index in [0.29, 0.717) is 11.4 Å². The molecular weight excluding hydrogens is 353 g/mol. The van der Waals surface area contributed by atoms with Gasteiger partial charge in [-0.2, -0.15) is 0 Å². The fourth-order valence-electron chi connectivity index (χ4n) is 3.63. The van der Waals surface area contributed by atoms with Crippen LogP contribution in [0.15, 0.2) is 54.7 Å². The summed E-state index contributed by atoms with van der Waals surface area (Å²) in [5.41, 5.74) is 5.36. The molecule has 4 nitrogen and oxygen atoms in total. The summed E-state index contributed by atoms with van der Waals surface area (Å²) in [6, 6.07) is 15.7. The summed E-state index contributed by atoms with van der Waals surface area (Å²) in [5.74, 6) is 1.61. The lowest BCUT2D eigenvalue weighted by atomic mass is 10.0. The highest BCUT2D eigenvalue weighted by molar-refractivity contribution is 5.55. The molecular formula is C23H24FN3O. The quantitative estimate of drug-likeness (QED) is 0.667. The Bertz CT molecular complexity index is 943. The number of methoxy groups -OCH3 is 1. The molecule has 0 fully saturated rings. The van der Waals surface area contributed by atoms with E-state index in [4.69, 9.17) is 9.72 Å². The molecule has 2 heterocycles. The van der Waals surface area contributed by atoms with Crippen molar-refractivity contribution in [2.45, 2.75) is 26.1 Å². The Kier molecular flexibility index (Phi) is 5.63. The highest BCUT2D eigenvalue weighted by Crippen LogP contribution is 2.22. The first-order valence-electron chi connectivity index (χ1n) is 9.60. The highest BCUT2D eigenvalue weighted by atomic mass is 19.1. The minimum atomic E-state index is -0.454. The maximum atomic E-state index is 12.7. The second-order valence-electron chi connectivity index (χ2n) is 7.11. The number of hydrogen-bond donors (Lipinski definition) is 0. The van der Waals surface area contributed by atoms with Crippen LogP contribution in [0.4, 0.5) is 4.39 Å². The van der Waals surface area contributed by atoms with E-state index in [9.17, 15) is 4.39 Å². The van der Waals surface area contributed by atoms with Gasteiger partial charge in [-0.3, -0.25) is 4.90 Å². The molecule has 0 radical (unpaired) electrons. The molecule has 0 aliphatic carbocycles. The first-order chi connectivity index (χ1) is 13.7. The molecule has 0 unspecified atom stereocenters. The second kappa shape index (κ2) is 8.48. The van der Waals surface area contributed by atoms with Crippen molar-refractivity contribution in [3.8, 4) is 17.1 Å². The molecule has 4 rings (SSSR count). The van der Waals surface area contributed by atoms with Crippen molar-refractivity contribution >= 4 is 0 Å². The van der Waals surface area contributed by atoms with Crippen LogP contribution in [0.3, 0.4) is 0 Å². The van der Waals surface area contributed by atoms with Crippen LogP contribution < -0.4 is 4.74 Å². The van der Waals surface area contributed by atoms with E-state index >= 15 is 0 Å². The number of alkyl halides is 1. The molecule has 1 aliphatic rings. The van der Waals surface area contributed by atoms with E-state index in [1.165, 1.54) is 11.1 Å². The highest BCUT2D eigenvalue weighted by Gasteiger charge is 2.15. The summed E-state index contributed by atoms with van der Waals surface area (Å²) in [6.07, 6.45) is 3.84.